The largest absolute Gasteiger partial charge is 0.450 e. The molecule has 33 heavy (non-hydrogen) atoms. The number of para-hydroxylation sites is 1. The first-order valence-electron chi connectivity index (χ1n) is 10.2. The summed E-state index contributed by atoms with van der Waals surface area (Å²) >= 11 is 7.32. The molecule has 10 heteroatoms. The fourth-order valence-corrected chi connectivity index (χ4v) is 5.74. The van der Waals surface area contributed by atoms with Crippen LogP contribution < -0.4 is 15.2 Å². The summed E-state index contributed by atoms with van der Waals surface area (Å²) in [5, 5.41) is 9.58. The summed E-state index contributed by atoms with van der Waals surface area (Å²) in [5.74, 6) is -1.21. The van der Waals surface area contributed by atoms with Crippen LogP contribution in [0.25, 0.3) is 11.0 Å². The molecule has 0 aliphatic carbocycles. The second kappa shape index (κ2) is 6.72. The van der Waals surface area contributed by atoms with Crippen LogP contribution >= 0.6 is 22.9 Å². The first-order chi connectivity index (χ1) is 15.9. The zero-order chi connectivity index (χ0) is 23.1. The first-order valence-corrected chi connectivity index (χ1v) is 11.4. The highest BCUT2D eigenvalue weighted by Gasteiger charge is 2.66. The number of benzene rings is 2. The monoisotopic (exact) mass is 478 g/mol. The molecule has 1 atom stereocenters. The van der Waals surface area contributed by atoms with Crippen LogP contribution in [0.5, 0.6) is 0 Å². The van der Waals surface area contributed by atoms with E-state index in [1.165, 1.54) is 22.3 Å². The number of anilines is 2. The van der Waals surface area contributed by atoms with E-state index in [0.29, 0.717) is 27.8 Å². The molecule has 0 bridgehead atoms. The molecule has 2 amide bonds. The standard InChI is InChI=1S/C23H15ClN4O4S/c1-3-27-15-7-5-4-6-14(15)23(21(27)31)17-18(29)13-10-12(24)8-9-16(13)32-19(17)20(30)28(23)22-26-25-11(2)33-22/h4-10H,3H2,1-2H3. The summed E-state index contributed by atoms with van der Waals surface area (Å²) in [7, 11) is 0. The number of halogens is 1. The van der Waals surface area contributed by atoms with Crippen molar-refractivity contribution >= 4 is 56.5 Å². The maximum Gasteiger partial charge on any atom is 0.297 e. The van der Waals surface area contributed by atoms with Gasteiger partial charge < -0.3 is 9.32 Å². The number of rotatable bonds is 2. The lowest BCUT2D eigenvalue weighted by Gasteiger charge is -2.31. The zero-order valence-electron chi connectivity index (χ0n) is 17.5. The van der Waals surface area contributed by atoms with Gasteiger partial charge in [0.25, 0.3) is 11.8 Å². The average molecular weight is 479 g/mol. The Morgan fingerprint density at radius 1 is 1.12 bits per heavy atom. The summed E-state index contributed by atoms with van der Waals surface area (Å²) in [6.45, 7) is 3.95. The topological polar surface area (TPSA) is 96.6 Å². The Balaban J connectivity index is 1.81. The molecule has 2 aliphatic heterocycles. The third-order valence-corrected chi connectivity index (χ3v) is 7.17. The maximum atomic E-state index is 14.2. The molecule has 2 aromatic heterocycles. The highest BCUT2D eigenvalue weighted by molar-refractivity contribution is 7.15. The molecule has 0 saturated carbocycles. The Morgan fingerprint density at radius 3 is 2.64 bits per heavy atom. The second-order valence-electron chi connectivity index (χ2n) is 7.80. The van der Waals surface area contributed by atoms with Crippen molar-refractivity contribution in [3.05, 3.63) is 79.6 Å². The number of nitrogens with zero attached hydrogens (tertiary/aromatic N) is 4. The molecule has 0 saturated heterocycles. The van der Waals surface area contributed by atoms with E-state index in [1.807, 2.05) is 13.0 Å². The third-order valence-electron chi connectivity index (χ3n) is 6.11. The summed E-state index contributed by atoms with van der Waals surface area (Å²) in [4.78, 5) is 44.7. The molecule has 1 spiro atoms. The van der Waals surface area contributed by atoms with Gasteiger partial charge in [-0.15, -0.1) is 10.2 Å². The van der Waals surface area contributed by atoms with Crippen molar-refractivity contribution in [2.75, 3.05) is 16.3 Å². The Kier molecular flexibility index (Phi) is 4.09. The number of fused-ring (bicyclic) bond motifs is 5. The lowest BCUT2D eigenvalue weighted by molar-refractivity contribution is -0.121. The molecule has 2 aromatic carbocycles. The van der Waals surface area contributed by atoms with Gasteiger partial charge in [0.1, 0.15) is 10.6 Å². The van der Waals surface area contributed by atoms with Crippen LogP contribution in [0.2, 0.25) is 5.02 Å². The van der Waals surface area contributed by atoms with E-state index >= 15 is 0 Å². The number of likely N-dealkylation sites (N-methyl/N-ethyl adjacent to an activating group) is 1. The van der Waals surface area contributed by atoms with Crippen molar-refractivity contribution in [1.82, 2.24) is 10.2 Å². The molecule has 4 aromatic rings. The van der Waals surface area contributed by atoms with Crippen molar-refractivity contribution in [3.63, 3.8) is 0 Å². The highest BCUT2D eigenvalue weighted by Crippen LogP contribution is 2.54. The zero-order valence-corrected chi connectivity index (χ0v) is 19.0. The summed E-state index contributed by atoms with van der Waals surface area (Å²) in [5.41, 5.74) is -0.890. The molecule has 0 N–H and O–H groups in total. The van der Waals surface area contributed by atoms with Gasteiger partial charge in [-0.2, -0.15) is 0 Å². The quantitative estimate of drug-likeness (QED) is 0.434. The second-order valence-corrected chi connectivity index (χ2v) is 9.39. The smallest absolute Gasteiger partial charge is 0.297 e. The van der Waals surface area contributed by atoms with E-state index in [-0.39, 0.29) is 27.4 Å². The molecule has 2 aliphatic rings. The van der Waals surface area contributed by atoms with E-state index in [1.54, 1.807) is 42.2 Å². The number of amides is 2. The van der Waals surface area contributed by atoms with Crippen LogP contribution in [0.15, 0.2) is 51.7 Å². The summed E-state index contributed by atoms with van der Waals surface area (Å²) < 4.78 is 5.97. The number of carbonyl (C=O) groups is 2. The minimum Gasteiger partial charge on any atom is -0.450 e. The minimum atomic E-state index is -1.75. The van der Waals surface area contributed by atoms with Gasteiger partial charge in [0.05, 0.1) is 16.6 Å². The third kappa shape index (κ3) is 2.38. The Hall–Kier alpha value is -3.56. The normalized spacial score (nSPS) is 19.1. The van der Waals surface area contributed by atoms with E-state index in [2.05, 4.69) is 10.2 Å². The highest BCUT2D eigenvalue weighted by atomic mass is 35.5. The molecule has 164 valence electrons. The van der Waals surface area contributed by atoms with Crippen LogP contribution in [-0.2, 0) is 10.3 Å². The molecular weight excluding hydrogens is 464 g/mol. The van der Waals surface area contributed by atoms with E-state index in [0.717, 1.165) is 0 Å². The van der Waals surface area contributed by atoms with E-state index in [9.17, 15) is 14.4 Å². The van der Waals surface area contributed by atoms with E-state index in [4.69, 9.17) is 16.0 Å². The number of hydrogen-bond donors (Lipinski definition) is 0. The molecule has 1 unspecified atom stereocenters. The van der Waals surface area contributed by atoms with Gasteiger partial charge in [-0.3, -0.25) is 19.3 Å². The lowest BCUT2D eigenvalue weighted by atomic mass is 9.84. The predicted molar refractivity (Wildman–Crippen MR) is 124 cm³/mol. The number of hydrogen-bond acceptors (Lipinski definition) is 7. The van der Waals surface area contributed by atoms with Gasteiger partial charge in [-0.1, -0.05) is 41.1 Å². The Morgan fingerprint density at radius 2 is 1.91 bits per heavy atom. The summed E-state index contributed by atoms with van der Waals surface area (Å²) in [6, 6.07) is 11.8. The summed E-state index contributed by atoms with van der Waals surface area (Å²) in [6.07, 6.45) is 0. The van der Waals surface area contributed by atoms with Crippen LogP contribution in [0, 0.1) is 6.92 Å². The van der Waals surface area contributed by atoms with Crippen LogP contribution in [-0.4, -0.2) is 28.6 Å². The average Bonchev–Trinajstić information content (AvgIpc) is 3.41. The van der Waals surface area contributed by atoms with Crippen molar-refractivity contribution in [2.45, 2.75) is 19.4 Å². The van der Waals surface area contributed by atoms with Crippen LogP contribution in [0.1, 0.15) is 33.6 Å². The Bertz CT molecular complexity index is 1580. The van der Waals surface area contributed by atoms with Gasteiger partial charge in [-0.25, -0.2) is 0 Å². The molecule has 8 nitrogen and oxygen atoms in total. The first kappa shape index (κ1) is 20.1. The van der Waals surface area contributed by atoms with Crippen LogP contribution in [0.4, 0.5) is 10.8 Å². The van der Waals surface area contributed by atoms with Gasteiger partial charge in [0.2, 0.25) is 10.9 Å². The number of aryl methyl sites for hydroxylation is 1. The van der Waals surface area contributed by atoms with E-state index < -0.39 is 22.8 Å². The molecule has 0 radical (unpaired) electrons. The molecule has 0 fully saturated rings. The number of carbonyl (C=O) groups excluding carboxylic acids is 2. The van der Waals surface area contributed by atoms with Gasteiger partial charge >= 0.3 is 0 Å². The number of aromatic nitrogens is 2. The van der Waals surface area contributed by atoms with Crippen molar-refractivity contribution in [1.29, 1.82) is 0 Å². The van der Waals surface area contributed by atoms with Crippen LogP contribution in [0.3, 0.4) is 0 Å². The van der Waals surface area contributed by atoms with Gasteiger partial charge in [0.15, 0.2) is 11.0 Å². The van der Waals surface area contributed by atoms with Crippen molar-refractivity contribution in [2.24, 2.45) is 0 Å². The fourth-order valence-electron chi connectivity index (χ4n) is 4.83. The maximum absolute atomic E-state index is 14.2. The van der Waals surface area contributed by atoms with Crippen molar-refractivity contribution < 1.29 is 14.0 Å². The lowest BCUT2D eigenvalue weighted by Crippen LogP contribution is -2.53. The molecule has 4 heterocycles. The minimum absolute atomic E-state index is 0.0245. The predicted octanol–water partition coefficient (Wildman–Crippen LogP) is 3.88. The van der Waals surface area contributed by atoms with Gasteiger partial charge in [-0.05, 0) is 38.1 Å². The van der Waals surface area contributed by atoms with Gasteiger partial charge in [0, 0.05) is 17.1 Å². The fraction of sp³-hybridized carbons (Fsp3) is 0.174. The molecule has 6 rings (SSSR count). The van der Waals surface area contributed by atoms with Crippen molar-refractivity contribution in [3.8, 4) is 0 Å². The Labute approximate surface area is 196 Å². The molecular formula is C23H15ClN4O4S. The SMILES string of the molecule is CCN1C(=O)C2(c3ccccc31)c1c(oc3ccc(Cl)cc3c1=O)C(=O)N2c1nnc(C)s1.